The molecule has 4 rings (SSSR count). The van der Waals surface area contributed by atoms with E-state index in [-0.39, 0.29) is 5.69 Å². The lowest BCUT2D eigenvalue weighted by molar-refractivity contribution is 0.0319. The third-order valence-corrected chi connectivity index (χ3v) is 5.16. The lowest BCUT2D eigenvalue weighted by atomic mass is 9.78. The van der Waals surface area contributed by atoms with Crippen LogP contribution < -0.4 is 5.69 Å². The summed E-state index contributed by atoms with van der Waals surface area (Å²) in [4.78, 5) is 14.9. The average Bonchev–Trinajstić information content (AvgIpc) is 2.85. The molecule has 1 aliphatic heterocycles. The van der Waals surface area contributed by atoms with Gasteiger partial charge in [-0.2, -0.15) is 4.68 Å². The van der Waals surface area contributed by atoms with Crippen LogP contribution in [-0.2, 0) is 6.67 Å². The summed E-state index contributed by atoms with van der Waals surface area (Å²) in [6, 6.07) is 6.34. The summed E-state index contributed by atoms with van der Waals surface area (Å²) in [6.45, 7) is 1.74. The van der Waals surface area contributed by atoms with E-state index in [0.717, 1.165) is 18.1 Å². The Morgan fingerprint density at radius 3 is 2.90 bits per heavy atom. The number of nitrogens with zero attached hydrogens (tertiary/aromatic N) is 4. The Bertz CT molecular complexity index is 687. The summed E-state index contributed by atoms with van der Waals surface area (Å²) in [6.07, 6.45) is 9.76. The highest BCUT2D eigenvalue weighted by Crippen LogP contribution is 2.35. The van der Waals surface area contributed by atoms with Crippen molar-refractivity contribution in [1.82, 2.24) is 19.1 Å². The van der Waals surface area contributed by atoms with Gasteiger partial charge in [0.2, 0.25) is 0 Å². The molecule has 3 heterocycles. The van der Waals surface area contributed by atoms with Crippen LogP contribution in [0.3, 0.4) is 0 Å². The molecule has 2 unspecified atom stereocenters. The van der Waals surface area contributed by atoms with Crippen molar-refractivity contribution in [3.05, 3.63) is 34.9 Å². The van der Waals surface area contributed by atoms with Crippen LogP contribution in [0, 0.1) is 5.92 Å². The molecule has 2 aliphatic rings. The van der Waals surface area contributed by atoms with E-state index in [1.54, 1.807) is 15.3 Å². The Morgan fingerprint density at radius 2 is 2.00 bits per heavy atom. The maximum Gasteiger partial charge on any atom is 0.351 e. The van der Waals surface area contributed by atoms with Gasteiger partial charge >= 0.3 is 5.69 Å². The van der Waals surface area contributed by atoms with E-state index in [1.165, 1.54) is 38.5 Å². The van der Waals surface area contributed by atoms with Crippen molar-refractivity contribution in [2.75, 3.05) is 6.54 Å². The van der Waals surface area contributed by atoms with Gasteiger partial charge in [-0.15, -0.1) is 5.10 Å². The molecular formula is C16H22N4O. The van der Waals surface area contributed by atoms with Crippen molar-refractivity contribution in [3.8, 4) is 0 Å². The van der Waals surface area contributed by atoms with Gasteiger partial charge in [-0.1, -0.05) is 18.9 Å². The minimum absolute atomic E-state index is 0.0245. The number of hydrogen-bond acceptors (Lipinski definition) is 3. The molecule has 5 heteroatoms. The van der Waals surface area contributed by atoms with E-state index in [4.69, 9.17) is 0 Å². The van der Waals surface area contributed by atoms with Gasteiger partial charge in [-0.05, 0) is 43.7 Å². The van der Waals surface area contributed by atoms with Crippen LogP contribution in [0.4, 0.5) is 0 Å². The highest BCUT2D eigenvalue weighted by Gasteiger charge is 2.33. The van der Waals surface area contributed by atoms with Crippen LogP contribution in [0.5, 0.6) is 0 Å². The lowest BCUT2D eigenvalue weighted by Gasteiger charge is -2.43. The van der Waals surface area contributed by atoms with Crippen molar-refractivity contribution >= 4 is 5.65 Å². The Labute approximate surface area is 124 Å². The molecule has 2 aromatic rings. The first kappa shape index (κ1) is 13.1. The molecule has 0 N–H and O–H groups in total. The third-order valence-electron chi connectivity index (χ3n) is 5.16. The third kappa shape index (κ3) is 2.29. The second-order valence-corrected chi connectivity index (χ2v) is 6.42. The minimum Gasteiger partial charge on any atom is -0.281 e. The molecule has 112 valence electrons. The van der Waals surface area contributed by atoms with E-state index in [9.17, 15) is 4.79 Å². The van der Waals surface area contributed by atoms with Crippen molar-refractivity contribution < 1.29 is 0 Å². The molecule has 21 heavy (non-hydrogen) atoms. The van der Waals surface area contributed by atoms with Crippen LogP contribution in [0.1, 0.15) is 38.5 Å². The van der Waals surface area contributed by atoms with Gasteiger partial charge in [0.15, 0.2) is 5.65 Å². The number of fused-ring (bicyclic) bond motifs is 2. The summed E-state index contributed by atoms with van der Waals surface area (Å²) >= 11 is 0. The van der Waals surface area contributed by atoms with E-state index in [1.807, 2.05) is 18.2 Å². The first-order valence-corrected chi connectivity index (χ1v) is 8.11. The Morgan fingerprint density at radius 1 is 1.14 bits per heavy atom. The summed E-state index contributed by atoms with van der Waals surface area (Å²) in [5.74, 6) is 0.834. The largest absolute Gasteiger partial charge is 0.351 e. The van der Waals surface area contributed by atoms with E-state index in [2.05, 4.69) is 10.00 Å². The molecule has 2 aromatic heterocycles. The number of rotatable bonds is 2. The topological polar surface area (TPSA) is 42.5 Å². The molecule has 5 nitrogen and oxygen atoms in total. The number of pyridine rings is 1. The van der Waals surface area contributed by atoms with Crippen LogP contribution in [-0.4, -0.2) is 31.7 Å². The number of likely N-dealkylation sites (tertiary alicyclic amines) is 1. The molecule has 0 bridgehead atoms. The summed E-state index contributed by atoms with van der Waals surface area (Å²) in [5, 5.41) is 4.47. The van der Waals surface area contributed by atoms with Gasteiger partial charge < -0.3 is 0 Å². The molecule has 0 spiro atoms. The fourth-order valence-corrected chi connectivity index (χ4v) is 4.14. The van der Waals surface area contributed by atoms with Crippen LogP contribution in [0.15, 0.2) is 29.2 Å². The number of aromatic nitrogens is 3. The SMILES string of the molecule is O=c1n(CN2CCCC3CCCCC32)nc2ccccn12. The highest BCUT2D eigenvalue weighted by atomic mass is 16.2. The second-order valence-electron chi connectivity index (χ2n) is 6.42. The zero-order chi connectivity index (χ0) is 14.2. The fraction of sp³-hybridized carbons (Fsp3) is 0.625. The Hall–Kier alpha value is -1.62. The number of hydrogen-bond donors (Lipinski definition) is 0. The summed E-state index contributed by atoms with van der Waals surface area (Å²) < 4.78 is 3.26. The Kier molecular flexibility index (Phi) is 3.30. The van der Waals surface area contributed by atoms with E-state index >= 15 is 0 Å². The zero-order valence-corrected chi connectivity index (χ0v) is 12.3. The predicted molar refractivity (Wildman–Crippen MR) is 81.1 cm³/mol. The highest BCUT2D eigenvalue weighted by molar-refractivity contribution is 5.35. The first-order chi connectivity index (χ1) is 10.3. The maximum atomic E-state index is 12.4. The van der Waals surface area contributed by atoms with Crippen molar-refractivity contribution in [2.45, 2.75) is 51.2 Å². The zero-order valence-electron chi connectivity index (χ0n) is 12.3. The molecule has 0 amide bonds. The van der Waals surface area contributed by atoms with Gasteiger partial charge in [0, 0.05) is 18.8 Å². The minimum atomic E-state index is -0.0245. The van der Waals surface area contributed by atoms with E-state index < -0.39 is 0 Å². The van der Waals surface area contributed by atoms with Crippen LogP contribution >= 0.6 is 0 Å². The van der Waals surface area contributed by atoms with Gasteiger partial charge in [0.25, 0.3) is 0 Å². The predicted octanol–water partition coefficient (Wildman–Crippen LogP) is 2.11. The summed E-state index contributed by atoms with van der Waals surface area (Å²) in [7, 11) is 0. The quantitative estimate of drug-likeness (QED) is 0.849. The molecule has 1 saturated heterocycles. The maximum absolute atomic E-state index is 12.4. The smallest absolute Gasteiger partial charge is 0.281 e. The van der Waals surface area contributed by atoms with Gasteiger partial charge in [0.1, 0.15) is 0 Å². The Balaban J connectivity index is 1.61. The normalized spacial score (nSPS) is 26.9. The molecule has 2 atom stereocenters. The van der Waals surface area contributed by atoms with Gasteiger partial charge in [-0.25, -0.2) is 4.79 Å². The first-order valence-electron chi connectivity index (χ1n) is 8.11. The molecule has 1 aliphatic carbocycles. The van der Waals surface area contributed by atoms with Crippen molar-refractivity contribution in [3.63, 3.8) is 0 Å². The van der Waals surface area contributed by atoms with Gasteiger partial charge in [0.05, 0.1) is 6.67 Å². The lowest BCUT2D eigenvalue weighted by Crippen LogP contribution is -2.48. The molecule has 0 aromatic carbocycles. The summed E-state index contributed by atoms with van der Waals surface area (Å²) in [5.41, 5.74) is 0.711. The average molecular weight is 286 g/mol. The standard InChI is InChI=1S/C16H22N4O/c21-16-19-11-4-3-9-15(19)17-20(16)12-18-10-5-7-13-6-1-2-8-14(13)18/h3-4,9,11,13-14H,1-2,5-8,10,12H2. The fourth-order valence-electron chi connectivity index (χ4n) is 4.14. The van der Waals surface area contributed by atoms with Crippen molar-refractivity contribution in [2.24, 2.45) is 5.92 Å². The van der Waals surface area contributed by atoms with Crippen LogP contribution in [0.25, 0.3) is 5.65 Å². The van der Waals surface area contributed by atoms with Crippen molar-refractivity contribution in [1.29, 1.82) is 0 Å². The second kappa shape index (κ2) is 5.30. The molecule has 0 radical (unpaired) electrons. The van der Waals surface area contributed by atoms with Gasteiger partial charge in [-0.3, -0.25) is 9.30 Å². The number of piperidine rings is 1. The molecular weight excluding hydrogens is 264 g/mol. The molecule has 2 fully saturated rings. The van der Waals surface area contributed by atoms with Crippen LogP contribution in [0.2, 0.25) is 0 Å². The monoisotopic (exact) mass is 286 g/mol. The van der Waals surface area contributed by atoms with E-state index in [0.29, 0.717) is 12.7 Å². The molecule has 1 saturated carbocycles.